The molecule has 2 heterocycles. The van der Waals surface area contributed by atoms with E-state index in [2.05, 4.69) is 20.8 Å². The molecule has 4 N–H and O–H groups in total. The first-order chi connectivity index (χ1) is 16.5. The fourth-order valence-corrected chi connectivity index (χ4v) is 4.31. The maximum absolute atomic E-state index is 12.9. The molecule has 13 heteroatoms. The summed E-state index contributed by atoms with van der Waals surface area (Å²) in [7, 11) is 0. The quantitative estimate of drug-likeness (QED) is 0.183. The summed E-state index contributed by atoms with van der Waals surface area (Å²) in [6, 6.07) is 6.09. The van der Waals surface area contributed by atoms with Gasteiger partial charge in [0.2, 0.25) is 0 Å². The number of carbonyl (C=O) groups is 1. The summed E-state index contributed by atoms with van der Waals surface area (Å²) in [6.07, 6.45) is -4.64. The van der Waals surface area contributed by atoms with Gasteiger partial charge in [-0.25, -0.2) is 4.98 Å². The number of hydrogen-bond donors (Lipinski definition) is 4. The summed E-state index contributed by atoms with van der Waals surface area (Å²) in [5, 5.41) is 28.1. The number of amides is 1. The van der Waals surface area contributed by atoms with Gasteiger partial charge in [0.1, 0.15) is 16.5 Å². The Morgan fingerprint density at radius 1 is 1.11 bits per heavy atom. The van der Waals surface area contributed by atoms with Crippen molar-refractivity contribution in [2.75, 3.05) is 23.6 Å². The molecule has 0 radical (unpaired) electrons. The molecule has 1 aromatic carbocycles. The third-order valence-electron chi connectivity index (χ3n) is 4.83. The number of pyridine rings is 1. The summed E-state index contributed by atoms with van der Waals surface area (Å²) >= 11 is 1.34. The Balaban J connectivity index is 1.65. The summed E-state index contributed by atoms with van der Waals surface area (Å²) in [5.41, 5.74) is 1.18. The molecule has 2 aromatic heterocycles. The van der Waals surface area contributed by atoms with Crippen LogP contribution in [0.4, 0.5) is 24.5 Å². The van der Waals surface area contributed by atoms with Crippen molar-refractivity contribution in [1.29, 1.82) is 0 Å². The molecule has 1 amide bonds. The van der Waals surface area contributed by atoms with Crippen LogP contribution in [0.5, 0.6) is 0 Å². The predicted octanol–water partition coefficient (Wildman–Crippen LogP) is 4.73. The van der Waals surface area contributed by atoms with Crippen LogP contribution >= 0.6 is 11.8 Å². The lowest BCUT2D eigenvalue weighted by molar-refractivity contribution is -0.137. The zero-order valence-electron chi connectivity index (χ0n) is 19.1. The first kappa shape index (κ1) is 26.3. The van der Waals surface area contributed by atoms with Gasteiger partial charge in [0.15, 0.2) is 0 Å². The fourth-order valence-electron chi connectivity index (χ4n) is 3.29. The van der Waals surface area contributed by atoms with E-state index in [9.17, 15) is 28.4 Å². The Morgan fingerprint density at radius 3 is 2.49 bits per heavy atom. The zero-order valence-corrected chi connectivity index (χ0v) is 19.9. The Hall–Kier alpha value is -3.29. The van der Waals surface area contributed by atoms with Crippen LogP contribution in [-0.4, -0.2) is 39.6 Å². The molecule has 0 unspecified atom stereocenters. The maximum Gasteiger partial charge on any atom is 0.416 e. The minimum absolute atomic E-state index is 0.0454. The smallest absolute Gasteiger partial charge is 0.381 e. The van der Waals surface area contributed by atoms with Gasteiger partial charge in [-0.15, -0.1) is 5.23 Å². The van der Waals surface area contributed by atoms with Crippen LogP contribution < -0.4 is 15.9 Å². The maximum atomic E-state index is 12.9. The average Bonchev–Trinajstić information content (AvgIpc) is 3.19. The van der Waals surface area contributed by atoms with Crippen molar-refractivity contribution in [3.8, 4) is 0 Å². The standard InChI is InChI=1S/C22H24F3N5O4S/c1-12-8-13(2)28-21(35-11-16-9-14(3)29-34-16)19(12)20(31)27-7-6-26-17-5-4-15(22(23,24)25)10-18(17)30(32)33/h4-5,8-10,26,32-33H,6-7,11H2,1-3H3,(H,27,31). The average molecular weight is 512 g/mol. The number of alkyl halides is 3. The van der Waals surface area contributed by atoms with Gasteiger partial charge in [0.05, 0.1) is 28.3 Å². The SMILES string of the molecule is Cc1cc(CSc2nc(C)cc(C)c2C(=O)NCCNc2ccc(C(F)(F)F)cc2N(O)O)on1. The van der Waals surface area contributed by atoms with E-state index >= 15 is 0 Å². The van der Waals surface area contributed by atoms with Gasteiger partial charge in [-0.3, -0.25) is 15.2 Å². The van der Waals surface area contributed by atoms with Crippen molar-refractivity contribution in [2.24, 2.45) is 0 Å². The van der Waals surface area contributed by atoms with Crippen LogP contribution in [0.15, 0.2) is 39.9 Å². The molecule has 0 aliphatic carbocycles. The topological polar surface area (TPSA) is 124 Å². The van der Waals surface area contributed by atoms with E-state index in [-0.39, 0.29) is 24.7 Å². The second-order valence-electron chi connectivity index (χ2n) is 7.69. The van der Waals surface area contributed by atoms with Crippen LogP contribution in [-0.2, 0) is 11.9 Å². The van der Waals surface area contributed by atoms with E-state index < -0.39 is 22.7 Å². The molecule has 3 aromatic rings. The highest BCUT2D eigenvalue weighted by atomic mass is 32.2. The number of thioether (sulfide) groups is 1. The molecule has 0 aliphatic rings. The molecule has 3 rings (SSSR count). The number of halogens is 3. The highest BCUT2D eigenvalue weighted by Crippen LogP contribution is 2.35. The Bertz CT molecular complexity index is 1200. The first-order valence-corrected chi connectivity index (χ1v) is 11.4. The van der Waals surface area contributed by atoms with Gasteiger partial charge in [-0.05, 0) is 50.6 Å². The molecule has 0 bridgehead atoms. The Morgan fingerprint density at radius 2 is 1.86 bits per heavy atom. The normalized spacial score (nSPS) is 11.4. The van der Waals surface area contributed by atoms with Crippen molar-refractivity contribution in [3.63, 3.8) is 0 Å². The van der Waals surface area contributed by atoms with Gasteiger partial charge in [-0.1, -0.05) is 16.9 Å². The van der Waals surface area contributed by atoms with Crippen LogP contribution in [0.2, 0.25) is 0 Å². The Kier molecular flexibility index (Phi) is 8.25. The van der Waals surface area contributed by atoms with Crippen molar-refractivity contribution in [3.05, 3.63) is 64.2 Å². The highest BCUT2D eigenvalue weighted by molar-refractivity contribution is 7.98. The van der Waals surface area contributed by atoms with Crippen molar-refractivity contribution >= 4 is 29.0 Å². The minimum Gasteiger partial charge on any atom is -0.381 e. The highest BCUT2D eigenvalue weighted by Gasteiger charge is 2.31. The minimum atomic E-state index is -4.64. The number of carbonyl (C=O) groups excluding carboxylic acids is 1. The van der Waals surface area contributed by atoms with Crippen LogP contribution in [0.25, 0.3) is 0 Å². The van der Waals surface area contributed by atoms with E-state index in [1.165, 1.54) is 11.8 Å². The molecule has 0 spiro atoms. The molecule has 35 heavy (non-hydrogen) atoms. The van der Waals surface area contributed by atoms with Crippen LogP contribution in [0.3, 0.4) is 0 Å². The van der Waals surface area contributed by atoms with Crippen molar-refractivity contribution < 1.29 is 32.9 Å². The lowest BCUT2D eigenvalue weighted by Gasteiger charge is -2.18. The first-order valence-electron chi connectivity index (χ1n) is 10.4. The van der Waals surface area contributed by atoms with Gasteiger partial charge < -0.3 is 15.2 Å². The van der Waals surface area contributed by atoms with Gasteiger partial charge >= 0.3 is 6.18 Å². The lowest BCUT2D eigenvalue weighted by atomic mass is 10.1. The number of nitrogens with zero attached hydrogens (tertiary/aromatic N) is 3. The molecule has 0 saturated carbocycles. The summed E-state index contributed by atoms with van der Waals surface area (Å²) in [5.74, 6) is 0.721. The van der Waals surface area contributed by atoms with Crippen molar-refractivity contribution in [1.82, 2.24) is 15.5 Å². The number of aryl methyl sites for hydroxylation is 3. The molecular formula is C22H24F3N5O4S. The molecule has 188 valence electrons. The third kappa shape index (κ3) is 6.87. The van der Waals surface area contributed by atoms with Gasteiger partial charge in [0, 0.05) is 24.8 Å². The van der Waals surface area contributed by atoms with Gasteiger partial charge in [-0.2, -0.15) is 13.2 Å². The predicted molar refractivity (Wildman–Crippen MR) is 123 cm³/mol. The summed E-state index contributed by atoms with van der Waals surface area (Å²) < 4.78 is 43.9. The summed E-state index contributed by atoms with van der Waals surface area (Å²) in [6.45, 7) is 5.65. The third-order valence-corrected chi connectivity index (χ3v) is 5.83. The molecular weight excluding hydrogens is 487 g/mol. The second-order valence-corrected chi connectivity index (χ2v) is 8.65. The zero-order chi connectivity index (χ0) is 25.8. The number of aromatic nitrogens is 2. The fraction of sp³-hybridized carbons (Fsp3) is 0.318. The molecule has 0 fully saturated rings. The van der Waals surface area contributed by atoms with Gasteiger partial charge in [0.25, 0.3) is 5.91 Å². The number of benzene rings is 1. The van der Waals surface area contributed by atoms with E-state index in [0.717, 1.165) is 29.1 Å². The number of hydrogen-bond acceptors (Lipinski definition) is 9. The molecule has 0 saturated heterocycles. The van der Waals surface area contributed by atoms with Crippen LogP contribution in [0.1, 0.15) is 38.6 Å². The second kappa shape index (κ2) is 11.0. The van der Waals surface area contributed by atoms with Crippen molar-refractivity contribution in [2.45, 2.75) is 37.7 Å². The monoisotopic (exact) mass is 511 g/mol. The number of rotatable bonds is 9. The van der Waals surface area contributed by atoms with E-state index in [0.29, 0.717) is 28.2 Å². The molecule has 0 aliphatic heterocycles. The van der Waals surface area contributed by atoms with E-state index in [4.69, 9.17) is 4.52 Å². The van der Waals surface area contributed by atoms with Crippen LogP contribution in [0, 0.1) is 20.8 Å². The van der Waals surface area contributed by atoms with E-state index in [1.54, 1.807) is 19.1 Å². The van der Waals surface area contributed by atoms with E-state index in [1.807, 2.05) is 13.8 Å². The molecule has 9 nitrogen and oxygen atoms in total. The lowest BCUT2D eigenvalue weighted by Crippen LogP contribution is -2.30. The number of nitrogens with one attached hydrogen (secondary N) is 2. The summed E-state index contributed by atoms with van der Waals surface area (Å²) in [4.78, 5) is 17.4. The molecule has 0 atom stereocenters. The number of anilines is 2. The Labute approximate surface area is 203 Å². The largest absolute Gasteiger partial charge is 0.416 e.